The van der Waals surface area contributed by atoms with E-state index >= 15 is 0 Å². The lowest BCUT2D eigenvalue weighted by Gasteiger charge is -2.30. The molecule has 2 saturated heterocycles. The van der Waals surface area contributed by atoms with E-state index in [9.17, 15) is 5.11 Å². The highest BCUT2D eigenvalue weighted by atomic mass is 16.8. The molecule has 29 heavy (non-hydrogen) atoms. The standard InChI is InChI=1S/C23H28O6/c1-23(2)28-21-20(26-15-17-11-7-4-8-12-17)19(27-22(21)29-23)18(13-24)25-14-16-9-5-3-6-10-16/h3-12,18-22,24H,13-15H2,1-2H3/t18-,19-,20+,21-,22-/m1/s1. The van der Waals surface area contributed by atoms with Crippen LogP contribution in [0.15, 0.2) is 60.7 Å². The number of rotatable bonds is 8. The molecule has 2 aliphatic heterocycles. The third-order valence-electron chi connectivity index (χ3n) is 5.17. The number of hydrogen-bond acceptors (Lipinski definition) is 6. The molecule has 5 atom stereocenters. The Morgan fingerprint density at radius 3 is 2.17 bits per heavy atom. The summed E-state index contributed by atoms with van der Waals surface area (Å²) in [6.45, 7) is 4.31. The maximum atomic E-state index is 9.99. The summed E-state index contributed by atoms with van der Waals surface area (Å²) < 4.78 is 30.3. The molecular weight excluding hydrogens is 372 g/mol. The van der Waals surface area contributed by atoms with Crippen LogP contribution in [-0.2, 0) is 36.9 Å². The van der Waals surface area contributed by atoms with E-state index in [1.165, 1.54) is 0 Å². The molecule has 0 bridgehead atoms. The Labute approximate surface area is 171 Å². The summed E-state index contributed by atoms with van der Waals surface area (Å²) in [6, 6.07) is 19.8. The average Bonchev–Trinajstić information content (AvgIpc) is 3.20. The first-order valence-corrected chi connectivity index (χ1v) is 9.99. The van der Waals surface area contributed by atoms with Crippen molar-refractivity contribution in [1.82, 2.24) is 0 Å². The Morgan fingerprint density at radius 2 is 1.55 bits per heavy atom. The number of hydrogen-bond donors (Lipinski definition) is 1. The molecular formula is C23H28O6. The number of benzene rings is 2. The van der Waals surface area contributed by atoms with Crippen LogP contribution in [0.5, 0.6) is 0 Å². The number of ether oxygens (including phenoxy) is 5. The van der Waals surface area contributed by atoms with Gasteiger partial charge in [-0.1, -0.05) is 60.7 Å². The van der Waals surface area contributed by atoms with E-state index in [0.29, 0.717) is 13.2 Å². The normalized spacial score (nSPS) is 28.9. The molecule has 0 saturated carbocycles. The smallest absolute Gasteiger partial charge is 0.190 e. The molecule has 6 nitrogen and oxygen atoms in total. The second-order valence-corrected chi connectivity index (χ2v) is 7.85. The van der Waals surface area contributed by atoms with Gasteiger partial charge in [0.25, 0.3) is 0 Å². The van der Waals surface area contributed by atoms with Crippen LogP contribution in [0.2, 0.25) is 0 Å². The van der Waals surface area contributed by atoms with Crippen molar-refractivity contribution in [2.24, 2.45) is 0 Å². The van der Waals surface area contributed by atoms with Gasteiger partial charge in [0, 0.05) is 0 Å². The monoisotopic (exact) mass is 400 g/mol. The van der Waals surface area contributed by atoms with Crippen LogP contribution in [0.1, 0.15) is 25.0 Å². The first kappa shape index (κ1) is 20.5. The lowest BCUT2D eigenvalue weighted by Crippen LogP contribution is -2.45. The molecule has 156 valence electrons. The van der Waals surface area contributed by atoms with Crippen LogP contribution in [0.25, 0.3) is 0 Å². The van der Waals surface area contributed by atoms with E-state index in [1.54, 1.807) is 0 Å². The van der Waals surface area contributed by atoms with E-state index < -0.39 is 30.4 Å². The van der Waals surface area contributed by atoms with Gasteiger partial charge >= 0.3 is 0 Å². The SMILES string of the molecule is CC1(C)O[C@H]2O[C@H]([C@@H](CO)OCc3ccccc3)[C@H](OCc3ccccc3)[C@H]2O1. The van der Waals surface area contributed by atoms with E-state index in [0.717, 1.165) is 11.1 Å². The minimum Gasteiger partial charge on any atom is -0.394 e. The van der Waals surface area contributed by atoms with Gasteiger partial charge in [-0.15, -0.1) is 0 Å². The predicted octanol–water partition coefficient (Wildman–Crippen LogP) is 3.03. The van der Waals surface area contributed by atoms with E-state index in [1.807, 2.05) is 74.5 Å². The lowest BCUT2D eigenvalue weighted by atomic mass is 10.1. The Hall–Kier alpha value is -1.80. The molecule has 6 heteroatoms. The average molecular weight is 400 g/mol. The Balaban J connectivity index is 1.46. The van der Waals surface area contributed by atoms with Gasteiger partial charge in [0.05, 0.1) is 19.8 Å². The summed E-state index contributed by atoms with van der Waals surface area (Å²) in [7, 11) is 0. The van der Waals surface area contributed by atoms with Crippen molar-refractivity contribution in [3.63, 3.8) is 0 Å². The highest BCUT2D eigenvalue weighted by Gasteiger charge is 2.57. The molecule has 1 N–H and O–H groups in total. The number of fused-ring (bicyclic) bond motifs is 1. The largest absolute Gasteiger partial charge is 0.394 e. The number of aliphatic hydroxyl groups excluding tert-OH is 1. The maximum absolute atomic E-state index is 9.99. The Bertz CT molecular complexity index is 765. The van der Waals surface area contributed by atoms with Gasteiger partial charge in [0.2, 0.25) is 0 Å². The Kier molecular flexibility index (Phi) is 6.29. The van der Waals surface area contributed by atoms with Crippen LogP contribution < -0.4 is 0 Å². The quantitative estimate of drug-likeness (QED) is 0.735. The second-order valence-electron chi connectivity index (χ2n) is 7.85. The van der Waals surface area contributed by atoms with Crippen molar-refractivity contribution in [3.8, 4) is 0 Å². The fraction of sp³-hybridized carbons (Fsp3) is 0.478. The van der Waals surface area contributed by atoms with Gasteiger partial charge in [-0.2, -0.15) is 0 Å². The van der Waals surface area contributed by atoms with E-state index in [4.69, 9.17) is 23.7 Å². The molecule has 0 aliphatic carbocycles. The minimum atomic E-state index is -0.742. The van der Waals surface area contributed by atoms with Gasteiger partial charge < -0.3 is 28.8 Å². The zero-order chi connectivity index (χ0) is 20.3. The molecule has 4 rings (SSSR count). The van der Waals surface area contributed by atoms with E-state index in [-0.39, 0.29) is 12.7 Å². The number of aliphatic hydroxyl groups is 1. The molecule has 0 aromatic heterocycles. The van der Waals surface area contributed by atoms with Gasteiger partial charge in [-0.3, -0.25) is 0 Å². The van der Waals surface area contributed by atoms with Gasteiger partial charge in [0.15, 0.2) is 12.1 Å². The van der Waals surface area contributed by atoms with Crippen molar-refractivity contribution >= 4 is 0 Å². The molecule has 0 unspecified atom stereocenters. The van der Waals surface area contributed by atoms with Crippen LogP contribution >= 0.6 is 0 Å². The van der Waals surface area contributed by atoms with Crippen molar-refractivity contribution in [2.75, 3.05) is 6.61 Å². The highest BCUT2D eigenvalue weighted by molar-refractivity contribution is 5.14. The van der Waals surface area contributed by atoms with Crippen molar-refractivity contribution in [3.05, 3.63) is 71.8 Å². The summed E-state index contributed by atoms with van der Waals surface area (Å²) in [5.74, 6) is -0.742. The zero-order valence-electron chi connectivity index (χ0n) is 16.8. The molecule has 2 aromatic rings. The van der Waals surface area contributed by atoms with Crippen LogP contribution in [0, 0.1) is 0 Å². The molecule has 2 aliphatic rings. The van der Waals surface area contributed by atoms with Crippen LogP contribution in [-0.4, -0.2) is 48.2 Å². The molecule has 2 heterocycles. The van der Waals surface area contributed by atoms with Crippen LogP contribution in [0.4, 0.5) is 0 Å². The molecule has 2 fully saturated rings. The van der Waals surface area contributed by atoms with Crippen molar-refractivity contribution in [2.45, 2.75) is 63.6 Å². The molecule has 2 aromatic carbocycles. The second kappa shape index (κ2) is 8.92. The minimum absolute atomic E-state index is 0.189. The highest BCUT2D eigenvalue weighted by Crippen LogP contribution is 2.40. The summed E-state index contributed by atoms with van der Waals surface area (Å²) in [4.78, 5) is 0. The fourth-order valence-electron chi connectivity index (χ4n) is 3.79. The van der Waals surface area contributed by atoms with Crippen LogP contribution in [0.3, 0.4) is 0 Å². The van der Waals surface area contributed by atoms with Crippen molar-refractivity contribution < 1.29 is 28.8 Å². The molecule has 0 amide bonds. The van der Waals surface area contributed by atoms with Crippen molar-refractivity contribution in [1.29, 1.82) is 0 Å². The third-order valence-corrected chi connectivity index (χ3v) is 5.17. The fourth-order valence-corrected chi connectivity index (χ4v) is 3.79. The summed E-state index contributed by atoms with van der Waals surface area (Å²) >= 11 is 0. The first-order valence-electron chi connectivity index (χ1n) is 9.99. The molecule has 0 spiro atoms. The zero-order valence-corrected chi connectivity index (χ0v) is 16.8. The molecule has 0 radical (unpaired) electrons. The van der Waals surface area contributed by atoms with Gasteiger partial charge in [-0.05, 0) is 25.0 Å². The first-order chi connectivity index (χ1) is 14.1. The summed E-state index contributed by atoms with van der Waals surface area (Å²) in [5.41, 5.74) is 2.08. The maximum Gasteiger partial charge on any atom is 0.190 e. The third kappa shape index (κ3) is 4.86. The topological polar surface area (TPSA) is 66.4 Å². The van der Waals surface area contributed by atoms with Gasteiger partial charge in [0.1, 0.15) is 24.4 Å². The summed E-state index contributed by atoms with van der Waals surface area (Å²) in [5, 5.41) is 9.99. The summed E-state index contributed by atoms with van der Waals surface area (Å²) in [6.07, 6.45) is -2.41. The Morgan fingerprint density at radius 1 is 0.931 bits per heavy atom. The lowest BCUT2D eigenvalue weighted by molar-refractivity contribution is -0.237. The predicted molar refractivity (Wildman–Crippen MR) is 106 cm³/mol. The van der Waals surface area contributed by atoms with E-state index in [2.05, 4.69) is 0 Å². The van der Waals surface area contributed by atoms with Gasteiger partial charge in [-0.25, -0.2) is 0 Å².